The number of rotatable bonds is 4. The average molecular weight is 372 g/mol. The predicted octanol–water partition coefficient (Wildman–Crippen LogP) is 4.11. The van der Waals surface area contributed by atoms with E-state index in [9.17, 15) is 4.39 Å². The number of nitrogens with one attached hydrogen (secondary N) is 1. The highest BCUT2D eigenvalue weighted by atomic mass is 19.1. The first-order valence-corrected chi connectivity index (χ1v) is 8.53. The molecule has 3 aromatic heterocycles. The Morgan fingerprint density at radius 3 is 2.82 bits per heavy atom. The van der Waals surface area contributed by atoms with E-state index in [2.05, 4.69) is 35.3 Å². The van der Waals surface area contributed by atoms with Crippen molar-refractivity contribution in [1.82, 2.24) is 29.7 Å². The molecular formula is C19H13FN8. The van der Waals surface area contributed by atoms with E-state index in [4.69, 9.17) is 0 Å². The molecule has 136 valence electrons. The van der Waals surface area contributed by atoms with Gasteiger partial charge in [0.2, 0.25) is 0 Å². The number of benzene rings is 2. The van der Waals surface area contributed by atoms with Crippen molar-refractivity contribution in [2.75, 3.05) is 0 Å². The third kappa shape index (κ3) is 2.78. The van der Waals surface area contributed by atoms with Crippen LogP contribution in [0.3, 0.4) is 0 Å². The summed E-state index contributed by atoms with van der Waals surface area (Å²) < 4.78 is 14.7. The minimum Gasteiger partial charge on any atom is -0.345 e. The van der Waals surface area contributed by atoms with Crippen LogP contribution in [0.15, 0.2) is 71.5 Å². The first-order chi connectivity index (χ1) is 13.8. The van der Waals surface area contributed by atoms with Gasteiger partial charge in [-0.05, 0) is 29.8 Å². The van der Waals surface area contributed by atoms with Crippen molar-refractivity contribution < 1.29 is 4.39 Å². The Morgan fingerprint density at radius 2 is 1.93 bits per heavy atom. The molecule has 1 N–H and O–H groups in total. The zero-order chi connectivity index (χ0) is 18.9. The van der Waals surface area contributed by atoms with Crippen LogP contribution in [0, 0.1) is 5.82 Å². The lowest BCUT2D eigenvalue weighted by Gasteiger charge is -2.03. The van der Waals surface area contributed by atoms with Crippen molar-refractivity contribution in [3.8, 4) is 5.69 Å². The van der Waals surface area contributed by atoms with E-state index in [0.717, 1.165) is 22.3 Å². The van der Waals surface area contributed by atoms with Crippen LogP contribution in [0.1, 0.15) is 5.56 Å². The number of H-pyrrole nitrogens is 1. The first-order valence-electron chi connectivity index (χ1n) is 8.53. The summed E-state index contributed by atoms with van der Waals surface area (Å²) >= 11 is 0. The Morgan fingerprint density at radius 1 is 1.04 bits per heavy atom. The Labute approximate surface area is 157 Å². The second-order valence-electron chi connectivity index (χ2n) is 6.09. The lowest BCUT2D eigenvalue weighted by atomic mass is 10.2. The van der Waals surface area contributed by atoms with E-state index in [1.807, 2.05) is 18.2 Å². The van der Waals surface area contributed by atoms with Crippen molar-refractivity contribution in [3.63, 3.8) is 0 Å². The van der Waals surface area contributed by atoms with E-state index in [1.54, 1.807) is 29.3 Å². The molecular weight excluding hydrogens is 359 g/mol. The molecule has 5 aromatic rings. The number of para-hydroxylation sites is 1. The van der Waals surface area contributed by atoms with Crippen molar-refractivity contribution in [2.24, 2.45) is 10.2 Å². The molecule has 8 nitrogen and oxygen atoms in total. The Kier molecular flexibility index (Phi) is 3.82. The maximum Gasteiger partial charge on any atom is 0.188 e. The highest BCUT2D eigenvalue weighted by Gasteiger charge is 2.13. The number of hydrogen-bond donors (Lipinski definition) is 1. The SMILES string of the molecule is Fc1ccc(CN=Nc2ncnc3c2cnn3-c2cccc3[nH]cnc23)cc1. The molecule has 0 amide bonds. The molecule has 2 aromatic carbocycles. The van der Waals surface area contributed by atoms with Gasteiger partial charge in [0, 0.05) is 0 Å². The van der Waals surface area contributed by atoms with E-state index in [1.165, 1.54) is 18.5 Å². The van der Waals surface area contributed by atoms with Crippen molar-refractivity contribution >= 4 is 27.9 Å². The number of imidazole rings is 1. The maximum absolute atomic E-state index is 13.0. The van der Waals surface area contributed by atoms with Crippen LogP contribution >= 0.6 is 0 Å². The summed E-state index contributed by atoms with van der Waals surface area (Å²) in [6.45, 7) is 0.326. The van der Waals surface area contributed by atoms with Crippen LogP contribution in [0.25, 0.3) is 27.8 Å². The van der Waals surface area contributed by atoms with E-state index in [0.29, 0.717) is 23.4 Å². The molecule has 5 rings (SSSR count). The lowest BCUT2D eigenvalue weighted by Crippen LogP contribution is -1.98. The summed E-state index contributed by atoms with van der Waals surface area (Å²) in [6, 6.07) is 11.9. The predicted molar refractivity (Wildman–Crippen MR) is 101 cm³/mol. The monoisotopic (exact) mass is 372 g/mol. The minimum absolute atomic E-state index is 0.280. The summed E-state index contributed by atoms with van der Waals surface area (Å²) in [7, 11) is 0. The van der Waals surface area contributed by atoms with Crippen LogP contribution in [-0.2, 0) is 6.54 Å². The third-order valence-corrected chi connectivity index (χ3v) is 4.33. The molecule has 3 heterocycles. The molecule has 0 atom stereocenters. The molecule has 0 unspecified atom stereocenters. The molecule has 0 aliphatic carbocycles. The van der Waals surface area contributed by atoms with Gasteiger partial charge in [0.05, 0.1) is 35.7 Å². The summed E-state index contributed by atoms with van der Waals surface area (Å²) in [5.74, 6) is 0.144. The Bertz CT molecular complexity index is 1300. The third-order valence-electron chi connectivity index (χ3n) is 4.33. The minimum atomic E-state index is -0.280. The van der Waals surface area contributed by atoms with Crippen LogP contribution in [-0.4, -0.2) is 29.7 Å². The fraction of sp³-hybridized carbons (Fsp3) is 0.0526. The quantitative estimate of drug-likeness (QED) is 0.480. The molecule has 0 aliphatic rings. The number of fused-ring (bicyclic) bond motifs is 2. The topological polar surface area (TPSA) is 97.0 Å². The number of aromatic amines is 1. The lowest BCUT2D eigenvalue weighted by molar-refractivity contribution is 0.627. The summed E-state index contributed by atoms with van der Waals surface area (Å²) in [6.07, 6.45) is 4.73. The maximum atomic E-state index is 13.0. The van der Waals surface area contributed by atoms with Gasteiger partial charge in [0.15, 0.2) is 11.5 Å². The van der Waals surface area contributed by atoms with Crippen LogP contribution in [0.4, 0.5) is 10.2 Å². The van der Waals surface area contributed by atoms with Crippen LogP contribution in [0.2, 0.25) is 0 Å². The molecule has 0 spiro atoms. The number of hydrogen-bond acceptors (Lipinski definition) is 6. The standard InChI is InChI=1S/C19H13FN8/c20-13-6-4-12(5-7-13)8-25-27-18-14-9-26-28(19(14)24-11-23-18)16-3-1-2-15-17(16)22-10-21-15/h1-7,9-11H,8H2,(H,21,22). The van der Waals surface area contributed by atoms with Gasteiger partial charge in [0.25, 0.3) is 0 Å². The van der Waals surface area contributed by atoms with Gasteiger partial charge in [0.1, 0.15) is 17.7 Å². The fourth-order valence-electron chi connectivity index (χ4n) is 2.98. The second-order valence-corrected chi connectivity index (χ2v) is 6.09. The summed E-state index contributed by atoms with van der Waals surface area (Å²) in [5.41, 5.74) is 3.99. The van der Waals surface area contributed by atoms with E-state index >= 15 is 0 Å². The molecule has 9 heteroatoms. The van der Waals surface area contributed by atoms with Gasteiger partial charge >= 0.3 is 0 Å². The van der Waals surface area contributed by atoms with Crippen molar-refractivity contribution in [2.45, 2.75) is 6.54 Å². The Hall–Kier alpha value is -4.01. The van der Waals surface area contributed by atoms with Gasteiger partial charge in [-0.1, -0.05) is 18.2 Å². The van der Waals surface area contributed by atoms with Crippen molar-refractivity contribution in [1.29, 1.82) is 0 Å². The number of azo groups is 1. The summed E-state index contributed by atoms with van der Waals surface area (Å²) in [5, 5.41) is 13.5. The first kappa shape index (κ1) is 16.2. The smallest absolute Gasteiger partial charge is 0.188 e. The fourth-order valence-corrected chi connectivity index (χ4v) is 2.98. The molecule has 0 radical (unpaired) electrons. The number of aromatic nitrogens is 6. The molecule has 0 saturated carbocycles. The van der Waals surface area contributed by atoms with E-state index < -0.39 is 0 Å². The zero-order valence-corrected chi connectivity index (χ0v) is 14.5. The van der Waals surface area contributed by atoms with E-state index in [-0.39, 0.29) is 5.82 Å². The highest BCUT2D eigenvalue weighted by molar-refractivity contribution is 5.89. The number of nitrogens with zero attached hydrogens (tertiary/aromatic N) is 7. The van der Waals surface area contributed by atoms with Gasteiger partial charge < -0.3 is 4.98 Å². The highest BCUT2D eigenvalue weighted by Crippen LogP contribution is 2.26. The average Bonchev–Trinajstić information content (AvgIpc) is 3.36. The van der Waals surface area contributed by atoms with Gasteiger partial charge in [-0.3, -0.25) is 0 Å². The zero-order valence-electron chi connectivity index (χ0n) is 14.5. The van der Waals surface area contributed by atoms with Crippen LogP contribution in [0.5, 0.6) is 0 Å². The molecule has 28 heavy (non-hydrogen) atoms. The Balaban J connectivity index is 1.51. The number of halogens is 1. The molecule has 0 saturated heterocycles. The molecule has 0 fully saturated rings. The van der Waals surface area contributed by atoms with Gasteiger partial charge in [-0.2, -0.15) is 10.2 Å². The molecule has 0 aliphatic heterocycles. The largest absolute Gasteiger partial charge is 0.345 e. The normalized spacial score (nSPS) is 11.8. The van der Waals surface area contributed by atoms with Gasteiger partial charge in [-0.15, -0.1) is 5.11 Å². The van der Waals surface area contributed by atoms with Gasteiger partial charge in [-0.25, -0.2) is 24.0 Å². The summed E-state index contributed by atoms with van der Waals surface area (Å²) in [4.78, 5) is 16.0. The molecule has 0 bridgehead atoms. The van der Waals surface area contributed by atoms with Crippen molar-refractivity contribution in [3.05, 3.63) is 72.7 Å². The second kappa shape index (κ2) is 6.62. The van der Waals surface area contributed by atoms with Crippen LogP contribution < -0.4 is 0 Å².